The van der Waals surface area contributed by atoms with Crippen LogP contribution in [0, 0.1) is 0 Å². The molecule has 0 N–H and O–H groups in total. The van der Waals surface area contributed by atoms with Crippen molar-refractivity contribution >= 4 is 22.4 Å². The SMILES string of the molecule is CC(C)(C)c1ccc(C(=O)N2CCN(c3nnc(C4CCCCC4)s3)CC2)cc1. The van der Waals surface area contributed by atoms with Crippen molar-refractivity contribution in [3.63, 3.8) is 0 Å². The summed E-state index contributed by atoms with van der Waals surface area (Å²) in [6, 6.07) is 8.10. The third-order valence-corrected chi connectivity index (χ3v) is 7.37. The molecule has 5 nitrogen and oxygen atoms in total. The molecule has 1 amide bonds. The summed E-state index contributed by atoms with van der Waals surface area (Å²) in [5, 5.41) is 11.2. The monoisotopic (exact) mass is 412 g/mol. The molecular weight excluding hydrogens is 380 g/mol. The Morgan fingerprint density at radius 1 is 0.966 bits per heavy atom. The second-order valence-electron chi connectivity index (χ2n) is 9.36. The van der Waals surface area contributed by atoms with Crippen LogP contribution in [0.3, 0.4) is 0 Å². The molecule has 1 aliphatic heterocycles. The molecular formula is C23H32N4OS. The fourth-order valence-corrected chi connectivity index (χ4v) is 5.33. The smallest absolute Gasteiger partial charge is 0.253 e. The maximum absolute atomic E-state index is 12.9. The molecule has 2 aliphatic rings. The number of carbonyl (C=O) groups excluding carboxylic acids is 1. The summed E-state index contributed by atoms with van der Waals surface area (Å²) < 4.78 is 0. The summed E-state index contributed by atoms with van der Waals surface area (Å²) in [6.45, 7) is 9.69. The first-order valence-electron chi connectivity index (χ1n) is 10.9. The summed E-state index contributed by atoms with van der Waals surface area (Å²) in [6.07, 6.45) is 6.50. The van der Waals surface area contributed by atoms with E-state index in [-0.39, 0.29) is 11.3 Å². The normalized spacial score (nSPS) is 18.9. The topological polar surface area (TPSA) is 49.3 Å². The molecule has 2 aromatic rings. The molecule has 1 saturated heterocycles. The van der Waals surface area contributed by atoms with Crippen molar-refractivity contribution in [1.29, 1.82) is 0 Å². The Labute approximate surface area is 178 Å². The Morgan fingerprint density at radius 2 is 1.62 bits per heavy atom. The molecule has 1 aromatic heterocycles. The predicted molar refractivity (Wildman–Crippen MR) is 119 cm³/mol. The molecule has 156 valence electrons. The number of aromatic nitrogens is 2. The van der Waals surface area contributed by atoms with Crippen molar-refractivity contribution < 1.29 is 4.79 Å². The van der Waals surface area contributed by atoms with E-state index in [1.807, 2.05) is 17.0 Å². The van der Waals surface area contributed by atoms with Crippen LogP contribution in [0.15, 0.2) is 24.3 Å². The van der Waals surface area contributed by atoms with E-state index in [9.17, 15) is 4.79 Å². The van der Waals surface area contributed by atoms with Crippen LogP contribution in [0.25, 0.3) is 0 Å². The minimum atomic E-state index is 0.103. The van der Waals surface area contributed by atoms with Gasteiger partial charge in [-0.3, -0.25) is 4.79 Å². The Kier molecular flexibility index (Phi) is 5.91. The molecule has 0 atom stereocenters. The lowest BCUT2D eigenvalue weighted by molar-refractivity contribution is 0.0746. The zero-order valence-electron chi connectivity index (χ0n) is 17.9. The van der Waals surface area contributed by atoms with Crippen LogP contribution in [-0.2, 0) is 5.41 Å². The van der Waals surface area contributed by atoms with Crippen molar-refractivity contribution in [2.75, 3.05) is 31.1 Å². The first kappa shape index (κ1) is 20.3. The molecule has 0 radical (unpaired) electrons. The van der Waals surface area contributed by atoms with E-state index in [1.54, 1.807) is 11.3 Å². The highest BCUT2D eigenvalue weighted by molar-refractivity contribution is 7.15. The molecule has 29 heavy (non-hydrogen) atoms. The van der Waals surface area contributed by atoms with Crippen LogP contribution in [0.5, 0.6) is 0 Å². The molecule has 2 fully saturated rings. The predicted octanol–water partition coefficient (Wildman–Crippen LogP) is 4.85. The number of amides is 1. The molecule has 0 spiro atoms. The maximum Gasteiger partial charge on any atom is 0.253 e. The maximum atomic E-state index is 12.9. The van der Waals surface area contributed by atoms with Gasteiger partial charge in [0, 0.05) is 37.7 Å². The highest BCUT2D eigenvalue weighted by Crippen LogP contribution is 2.36. The van der Waals surface area contributed by atoms with Crippen LogP contribution in [0.1, 0.15) is 79.7 Å². The lowest BCUT2D eigenvalue weighted by Crippen LogP contribution is -2.48. The van der Waals surface area contributed by atoms with Gasteiger partial charge >= 0.3 is 0 Å². The first-order chi connectivity index (χ1) is 13.9. The average molecular weight is 413 g/mol. The van der Waals surface area contributed by atoms with Gasteiger partial charge in [0.15, 0.2) is 0 Å². The first-order valence-corrected chi connectivity index (χ1v) is 11.7. The third-order valence-electron chi connectivity index (χ3n) is 6.22. The number of rotatable bonds is 3. The highest BCUT2D eigenvalue weighted by Gasteiger charge is 2.26. The molecule has 0 bridgehead atoms. The van der Waals surface area contributed by atoms with Crippen molar-refractivity contribution in [3.05, 3.63) is 40.4 Å². The van der Waals surface area contributed by atoms with E-state index >= 15 is 0 Å². The number of piperazine rings is 1. The van der Waals surface area contributed by atoms with Gasteiger partial charge in [-0.15, -0.1) is 10.2 Å². The van der Waals surface area contributed by atoms with Gasteiger partial charge in [-0.2, -0.15) is 0 Å². The second kappa shape index (κ2) is 8.42. The van der Waals surface area contributed by atoms with Crippen molar-refractivity contribution in [1.82, 2.24) is 15.1 Å². The lowest BCUT2D eigenvalue weighted by atomic mass is 9.86. The van der Waals surface area contributed by atoms with Gasteiger partial charge < -0.3 is 9.80 Å². The van der Waals surface area contributed by atoms with Gasteiger partial charge in [0.05, 0.1) is 0 Å². The largest absolute Gasteiger partial charge is 0.343 e. The van der Waals surface area contributed by atoms with Crippen molar-refractivity contribution in [2.24, 2.45) is 0 Å². The van der Waals surface area contributed by atoms with Crippen LogP contribution in [0.2, 0.25) is 0 Å². The van der Waals surface area contributed by atoms with Gasteiger partial charge in [-0.05, 0) is 36.0 Å². The number of hydrogen-bond acceptors (Lipinski definition) is 5. The van der Waals surface area contributed by atoms with E-state index in [0.29, 0.717) is 5.92 Å². The number of nitrogens with zero attached hydrogens (tertiary/aromatic N) is 4. The van der Waals surface area contributed by atoms with Crippen molar-refractivity contribution in [2.45, 2.75) is 64.2 Å². The summed E-state index contributed by atoms with van der Waals surface area (Å²) >= 11 is 1.76. The summed E-state index contributed by atoms with van der Waals surface area (Å²) in [5.41, 5.74) is 2.14. The lowest BCUT2D eigenvalue weighted by Gasteiger charge is -2.34. The Balaban J connectivity index is 1.34. The molecule has 0 unspecified atom stereocenters. The zero-order valence-corrected chi connectivity index (χ0v) is 18.7. The molecule has 1 saturated carbocycles. The van der Waals surface area contributed by atoms with Gasteiger partial charge in [-0.25, -0.2) is 0 Å². The Bertz CT molecular complexity index is 825. The number of anilines is 1. The second-order valence-corrected chi connectivity index (χ2v) is 10.4. The van der Waals surface area contributed by atoms with Crippen LogP contribution in [-0.4, -0.2) is 47.2 Å². The van der Waals surface area contributed by atoms with Gasteiger partial charge in [0.1, 0.15) is 5.01 Å². The molecule has 1 aliphatic carbocycles. The third kappa shape index (κ3) is 4.63. The van der Waals surface area contributed by atoms with E-state index in [0.717, 1.165) is 36.9 Å². The van der Waals surface area contributed by atoms with Gasteiger partial charge in [0.2, 0.25) is 5.13 Å². The Morgan fingerprint density at radius 3 is 2.24 bits per heavy atom. The molecule has 1 aromatic carbocycles. The average Bonchev–Trinajstić information content (AvgIpc) is 3.24. The van der Waals surface area contributed by atoms with Crippen molar-refractivity contribution in [3.8, 4) is 0 Å². The minimum absolute atomic E-state index is 0.103. The quantitative estimate of drug-likeness (QED) is 0.723. The van der Waals surface area contributed by atoms with Crippen LogP contribution < -0.4 is 4.90 Å². The molecule has 4 rings (SSSR count). The number of benzene rings is 1. The van der Waals surface area contributed by atoms with E-state index in [1.165, 1.54) is 42.7 Å². The van der Waals surface area contributed by atoms with E-state index in [2.05, 4.69) is 48.0 Å². The Hall–Kier alpha value is -1.95. The highest BCUT2D eigenvalue weighted by atomic mass is 32.1. The molecule has 2 heterocycles. The van der Waals surface area contributed by atoms with Crippen LogP contribution in [0.4, 0.5) is 5.13 Å². The van der Waals surface area contributed by atoms with E-state index < -0.39 is 0 Å². The number of hydrogen-bond donors (Lipinski definition) is 0. The summed E-state index contributed by atoms with van der Waals surface area (Å²) in [7, 11) is 0. The standard InChI is InChI=1S/C23H32N4OS/c1-23(2,3)19-11-9-18(10-12-19)21(28)26-13-15-27(16-14-26)22-25-24-20(29-22)17-7-5-4-6-8-17/h9-12,17H,4-8,13-16H2,1-3H3. The molecule has 6 heteroatoms. The summed E-state index contributed by atoms with van der Waals surface area (Å²) in [4.78, 5) is 17.1. The van der Waals surface area contributed by atoms with E-state index in [4.69, 9.17) is 0 Å². The van der Waals surface area contributed by atoms with Crippen LogP contribution >= 0.6 is 11.3 Å². The fraction of sp³-hybridized carbons (Fsp3) is 0.609. The van der Waals surface area contributed by atoms with Gasteiger partial charge in [0.25, 0.3) is 5.91 Å². The zero-order chi connectivity index (χ0) is 20.4. The summed E-state index contributed by atoms with van der Waals surface area (Å²) in [5.74, 6) is 0.735. The van der Waals surface area contributed by atoms with Gasteiger partial charge in [-0.1, -0.05) is 63.5 Å². The number of carbonyl (C=O) groups is 1. The fourth-order valence-electron chi connectivity index (χ4n) is 4.26. The minimum Gasteiger partial charge on any atom is -0.343 e.